The Morgan fingerprint density at radius 1 is 1.08 bits per heavy atom. The van der Waals surface area contributed by atoms with Crippen molar-refractivity contribution in [3.8, 4) is 0 Å². The number of hydrogen-bond acceptors (Lipinski definition) is 1. The highest BCUT2D eigenvalue weighted by Gasteiger charge is 1.55. The van der Waals surface area contributed by atoms with Crippen molar-refractivity contribution in [1.29, 1.82) is 0 Å². The molecule has 76 valence electrons. The summed E-state index contributed by atoms with van der Waals surface area (Å²) in [6.07, 6.45) is 6.89. The molecule has 1 heteroatoms. The van der Waals surface area contributed by atoms with Crippen LogP contribution >= 0.6 is 0 Å². The van der Waals surface area contributed by atoms with Gasteiger partial charge in [-0.2, -0.15) is 0 Å². The molecule has 0 unspecified atom stereocenters. The Balaban J connectivity index is -0.0000000453. The first kappa shape index (κ1) is 22.5. The molecule has 0 aromatic carbocycles. The van der Waals surface area contributed by atoms with Crippen molar-refractivity contribution in [1.82, 2.24) is 0 Å². The van der Waals surface area contributed by atoms with Gasteiger partial charge in [0.1, 0.15) is 0 Å². The monoisotopic (exact) mass is 173 g/mol. The van der Waals surface area contributed by atoms with Crippen LogP contribution in [0.5, 0.6) is 0 Å². The second-order valence-electron chi connectivity index (χ2n) is 1.07. The van der Waals surface area contributed by atoms with Gasteiger partial charge in [-0.3, -0.25) is 0 Å². The van der Waals surface area contributed by atoms with Crippen molar-refractivity contribution in [3.63, 3.8) is 0 Å². The van der Waals surface area contributed by atoms with E-state index in [-0.39, 0.29) is 0 Å². The molecule has 0 aliphatic carbocycles. The molecule has 1 nitrogen and oxygen atoms in total. The zero-order chi connectivity index (χ0) is 10.8. The first-order valence-corrected chi connectivity index (χ1v) is 4.77. The second-order valence-corrected chi connectivity index (χ2v) is 1.07. The van der Waals surface area contributed by atoms with Crippen LogP contribution < -0.4 is 5.73 Å². The Labute approximate surface area is 79.4 Å². The van der Waals surface area contributed by atoms with Crippen LogP contribution in [-0.2, 0) is 0 Å². The molecule has 0 fully saturated rings. The summed E-state index contributed by atoms with van der Waals surface area (Å²) < 4.78 is 0. The molecular formula is C11H27N. The van der Waals surface area contributed by atoms with Crippen molar-refractivity contribution in [2.45, 2.75) is 41.0 Å². The maximum Gasteiger partial charge on any atom is -0.0195 e. The molecule has 0 rings (SSSR count). The van der Waals surface area contributed by atoms with Gasteiger partial charge in [-0.15, -0.1) is 0 Å². The van der Waals surface area contributed by atoms with E-state index in [0.29, 0.717) is 0 Å². The van der Waals surface area contributed by atoms with E-state index in [1.54, 1.807) is 6.08 Å². The summed E-state index contributed by atoms with van der Waals surface area (Å²) in [5.41, 5.74) is 4.50. The molecular weight excluding hydrogens is 146 g/mol. The van der Waals surface area contributed by atoms with E-state index in [2.05, 4.69) is 25.3 Å². The zero-order valence-electron chi connectivity index (χ0n) is 9.72. The summed E-state index contributed by atoms with van der Waals surface area (Å²) in [6, 6.07) is 0. The minimum absolute atomic E-state index is 1.10. The van der Waals surface area contributed by atoms with Crippen LogP contribution in [0.3, 0.4) is 0 Å². The lowest BCUT2D eigenvalue weighted by atomic mass is 10.4. The van der Waals surface area contributed by atoms with Crippen molar-refractivity contribution < 1.29 is 0 Å². The highest BCUT2D eigenvalue weighted by Crippen LogP contribution is 1.76. The molecule has 0 saturated carbocycles. The quantitative estimate of drug-likeness (QED) is 0.632. The van der Waals surface area contributed by atoms with Gasteiger partial charge in [-0.05, 0) is 13.5 Å². The standard InChI is InChI=1S/C6H10.2C2H6.CH5N/c1-3-5-6-4-2;3*1-2/h3,5-6H,1,4H2,2H3;2*1-2H3;2H2,1H3/b6-5-;;;. The van der Waals surface area contributed by atoms with Crippen LogP contribution in [0, 0.1) is 0 Å². The minimum Gasteiger partial charge on any atom is -0.333 e. The summed E-state index contributed by atoms with van der Waals surface area (Å²) in [6.45, 7) is 13.6. The largest absolute Gasteiger partial charge is 0.333 e. The molecule has 12 heavy (non-hydrogen) atoms. The number of rotatable bonds is 2. The molecule has 0 aromatic heterocycles. The van der Waals surface area contributed by atoms with Crippen LogP contribution in [-0.4, -0.2) is 7.05 Å². The smallest absolute Gasteiger partial charge is 0.0195 e. The maximum absolute atomic E-state index is 4.50. The molecule has 0 aliphatic heterocycles. The predicted molar refractivity (Wildman–Crippen MR) is 62.4 cm³/mol. The molecule has 0 aromatic rings. The first-order chi connectivity index (χ1) is 5.91. The van der Waals surface area contributed by atoms with E-state index in [9.17, 15) is 0 Å². The first-order valence-electron chi connectivity index (χ1n) is 4.77. The van der Waals surface area contributed by atoms with Gasteiger partial charge in [0.2, 0.25) is 0 Å². The average molecular weight is 173 g/mol. The van der Waals surface area contributed by atoms with Crippen LogP contribution in [0.2, 0.25) is 0 Å². The normalized spacial score (nSPS) is 6.25. The van der Waals surface area contributed by atoms with Crippen LogP contribution in [0.15, 0.2) is 24.8 Å². The SMILES string of the molecule is C=C/C=C\CC.CC.CC.CN. The Kier molecular flexibility index (Phi) is 148. The molecule has 2 N–H and O–H groups in total. The Bertz CT molecular complexity index is 56.0. The topological polar surface area (TPSA) is 26.0 Å². The van der Waals surface area contributed by atoms with Gasteiger partial charge in [-0.1, -0.05) is 59.4 Å². The number of nitrogens with two attached hydrogens (primary N) is 1. The maximum atomic E-state index is 4.50. The summed E-state index contributed by atoms with van der Waals surface area (Å²) in [7, 11) is 1.50. The lowest BCUT2D eigenvalue weighted by molar-refractivity contribution is 1.22. The zero-order valence-corrected chi connectivity index (χ0v) is 9.72. The van der Waals surface area contributed by atoms with Gasteiger partial charge in [-0.25, -0.2) is 0 Å². The van der Waals surface area contributed by atoms with Crippen molar-refractivity contribution in [2.24, 2.45) is 5.73 Å². The van der Waals surface area contributed by atoms with Crippen LogP contribution in [0.1, 0.15) is 41.0 Å². The molecule has 0 amide bonds. The predicted octanol–water partition coefficient (Wildman–Crippen LogP) is 3.77. The van der Waals surface area contributed by atoms with Gasteiger partial charge >= 0.3 is 0 Å². The summed E-state index contributed by atoms with van der Waals surface area (Å²) >= 11 is 0. The minimum atomic E-state index is 1.10. The fourth-order valence-electron chi connectivity index (χ4n) is 0.232. The summed E-state index contributed by atoms with van der Waals surface area (Å²) in [5, 5.41) is 0. The van der Waals surface area contributed by atoms with Crippen molar-refractivity contribution in [3.05, 3.63) is 24.8 Å². The molecule has 0 bridgehead atoms. The van der Waals surface area contributed by atoms with E-state index in [0.717, 1.165) is 6.42 Å². The lowest BCUT2D eigenvalue weighted by Gasteiger charge is -1.67. The summed E-state index contributed by atoms with van der Waals surface area (Å²) in [4.78, 5) is 0. The van der Waals surface area contributed by atoms with Gasteiger partial charge in [0.25, 0.3) is 0 Å². The molecule has 0 aliphatic rings. The highest BCUT2D eigenvalue weighted by molar-refractivity contribution is 4.96. The third-order valence-electron chi connectivity index (χ3n) is 0.508. The van der Waals surface area contributed by atoms with E-state index in [1.165, 1.54) is 7.05 Å². The van der Waals surface area contributed by atoms with Crippen molar-refractivity contribution in [2.75, 3.05) is 7.05 Å². The van der Waals surface area contributed by atoms with Crippen LogP contribution in [0.25, 0.3) is 0 Å². The van der Waals surface area contributed by atoms with Gasteiger partial charge in [0.15, 0.2) is 0 Å². The molecule has 0 atom stereocenters. The molecule has 0 radical (unpaired) electrons. The third-order valence-corrected chi connectivity index (χ3v) is 0.508. The highest BCUT2D eigenvalue weighted by atomic mass is 14.4. The number of hydrogen-bond donors (Lipinski definition) is 1. The molecule has 0 saturated heterocycles. The summed E-state index contributed by atoms with van der Waals surface area (Å²) in [5.74, 6) is 0. The molecule has 0 spiro atoms. The Morgan fingerprint density at radius 3 is 1.50 bits per heavy atom. The van der Waals surface area contributed by atoms with Gasteiger partial charge in [0, 0.05) is 0 Å². The van der Waals surface area contributed by atoms with Crippen molar-refractivity contribution >= 4 is 0 Å². The fraction of sp³-hybridized carbons (Fsp3) is 0.636. The van der Waals surface area contributed by atoms with E-state index >= 15 is 0 Å². The average Bonchev–Trinajstić information content (AvgIpc) is 2.24. The second kappa shape index (κ2) is 78.6. The van der Waals surface area contributed by atoms with E-state index in [1.807, 2.05) is 33.8 Å². The van der Waals surface area contributed by atoms with Gasteiger partial charge < -0.3 is 5.73 Å². The Morgan fingerprint density at radius 2 is 1.42 bits per heavy atom. The van der Waals surface area contributed by atoms with Gasteiger partial charge in [0.05, 0.1) is 0 Å². The molecule has 0 heterocycles. The Hall–Kier alpha value is -0.560. The van der Waals surface area contributed by atoms with E-state index in [4.69, 9.17) is 0 Å². The van der Waals surface area contributed by atoms with Crippen LogP contribution in [0.4, 0.5) is 0 Å². The lowest BCUT2D eigenvalue weighted by Crippen LogP contribution is -1.69. The van der Waals surface area contributed by atoms with E-state index < -0.39 is 0 Å². The third kappa shape index (κ3) is 113. The number of allylic oxidation sites excluding steroid dienone is 3. The fourth-order valence-corrected chi connectivity index (χ4v) is 0.232.